The Labute approximate surface area is 122 Å². The van der Waals surface area contributed by atoms with Gasteiger partial charge in [0.05, 0.1) is 4.90 Å². The summed E-state index contributed by atoms with van der Waals surface area (Å²) < 4.78 is 27.0. The first-order chi connectivity index (χ1) is 9.38. The van der Waals surface area contributed by atoms with Crippen LogP contribution in [0.25, 0.3) is 0 Å². The Hall–Kier alpha value is -1.17. The lowest BCUT2D eigenvalue weighted by Crippen LogP contribution is -2.32. The maximum Gasteiger partial charge on any atom is 0.243 e. The van der Waals surface area contributed by atoms with E-state index in [9.17, 15) is 8.42 Å². The Morgan fingerprint density at radius 3 is 2.50 bits per heavy atom. The highest BCUT2D eigenvalue weighted by atomic mass is 32.2. The normalized spacial score (nSPS) is 11.8. The molecule has 0 saturated heterocycles. The zero-order valence-corrected chi connectivity index (χ0v) is 13.3. The summed E-state index contributed by atoms with van der Waals surface area (Å²) in [5.41, 5.74) is 8.22. The van der Waals surface area contributed by atoms with E-state index in [0.717, 1.165) is 23.1 Å². The van der Waals surface area contributed by atoms with E-state index >= 15 is 0 Å². The van der Waals surface area contributed by atoms with Gasteiger partial charge in [0, 0.05) is 19.6 Å². The third-order valence-electron chi connectivity index (χ3n) is 3.34. The molecular weight excluding hydrogens is 272 g/mol. The van der Waals surface area contributed by atoms with E-state index in [1.165, 1.54) is 4.31 Å². The van der Waals surface area contributed by atoms with Gasteiger partial charge in [-0.2, -0.15) is 4.31 Å². The standard InChI is InChI=1S/C15H24N2O2S/c1-5-7-17(8-6-2)20(18,19)15-10-14(11-16)9-12(3)13(15)4/h5,9-10H,1,6-8,11,16H2,2-4H3. The summed E-state index contributed by atoms with van der Waals surface area (Å²) >= 11 is 0. The van der Waals surface area contributed by atoms with Gasteiger partial charge in [-0.25, -0.2) is 8.42 Å². The molecule has 0 aliphatic carbocycles. The predicted octanol–water partition coefficient (Wildman–Crippen LogP) is 2.35. The van der Waals surface area contributed by atoms with Gasteiger partial charge in [-0.15, -0.1) is 6.58 Å². The Morgan fingerprint density at radius 1 is 1.35 bits per heavy atom. The molecule has 0 radical (unpaired) electrons. The lowest BCUT2D eigenvalue weighted by Gasteiger charge is -2.22. The highest BCUT2D eigenvalue weighted by molar-refractivity contribution is 7.89. The van der Waals surface area contributed by atoms with Gasteiger partial charge in [0.2, 0.25) is 10.0 Å². The number of rotatable bonds is 7. The first-order valence-corrected chi connectivity index (χ1v) is 8.23. The maximum atomic E-state index is 12.8. The number of nitrogens with two attached hydrogens (primary N) is 1. The molecule has 0 unspecified atom stereocenters. The number of nitrogens with zero attached hydrogens (tertiary/aromatic N) is 1. The van der Waals surface area contributed by atoms with Crippen LogP contribution in [0.2, 0.25) is 0 Å². The van der Waals surface area contributed by atoms with E-state index in [1.54, 1.807) is 12.1 Å². The average Bonchev–Trinajstić information content (AvgIpc) is 2.41. The van der Waals surface area contributed by atoms with E-state index in [2.05, 4.69) is 6.58 Å². The van der Waals surface area contributed by atoms with Crippen molar-refractivity contribution in [3.8, 4) is 0 Å². The SMILES string of the molecule is C=CCN(CCC)S(=O)(=O)c1cc(CN)cc(C)c1C. The van der Waals surface area contributed by atoms with Gasteiger partial charge >= 0.3 is 0 Å². The van der Waals surface area contributed by atoms with Gasteiger partial charge in [0.1, 0.15) is 0 Å². The molecule has 0 atom stereocenters. The minimum absolute atomic E-state index is 0.321. The van der Waals surface area contributed by atoms with E-state index in [0.29, 0.717) is 24.5 Å². The van der Waals surface area contributed by atoms with Crippen LogP contribution < -0.4 is 5.73 Å². The summed E-state index contributed by atoms with van der Waals surface area (Å²) in [4.78, 5) is 0.355. The third kappa shape index (κ3) is 3.48. The largest absolute Gasteiger partial charge is 0.326 e. The van der Waals surface area contributed by atoms with Gasteiger partial charge in [0.25, 0.3) is 0 Å². The van der Waals surface area contributed by atoms with Crippen LogP contribution in [0, 0.1) is 13.8 Å². The minimum atomic E-state index is -3.50. The molecule has 0 heterocycles. The molecular formula is C15H24N2O2S. The van der Waals surface area contributed by atoms with Crippen molar-refractivity contribution < 1.29 is 8.42 Å². The van der Waals surface area contributed by atoms with E-state index in [4.69, 9.17) is 5.73 Å². The zero-order valence-electron chi connectivity index (χ0n) is 12.5. The summed E-state index contributed by atoms with van der Waals surface area (Å²) in [6.45, 7) is 10.5. The molecule has 0 aliphatic rings. The molecule has 0 aromatic heterocycles. The second kappa shape index (κ2) is 7.02. The van der Waals surface area contributed by atoms with Gasteiger partial charge in [-0.1, -0.05) is 19.1 Å². The molecule has 4 nitrogen and oxygen atoms in total. The summed E-state index contributed by atoms with van der Waals surface area (Å²) in [6.07, 6.45) is 2.38. The Balaban J connectivity index is 3.39. The average molecular weight is 296 g/mol. The second-order valence-corrected chi connectivity index (χ2v) is 6.80. The smallest absolute Gasteiger partial charge is 0.243 e. The minimum Gasteiger partial charge on any atom is -0.326 e. The molecule has 1 aromatic rings. The number of hydrogen-bond acceptors (Lipinski definition) is 3. The Morgan fingerprint density at radius 2 is 2.00 bits per heavy atom. The zero-order chi connectivity index (χ0) is 15.3. The fourth-order valence-electron chi connectivity index (χ4n) is 2.13. The molecule has 2 N–H and O–H groups in total. The number of aryl methyl sites for hydroxylation is 1. The number of sulfonamides is 1. The first-order valence-electron chi connectivity index (χ1n) is 6.79. The van der Waals surface area contributed by atoms with Crippen molar-refractivity contribution in [2.75, 3.05) is 13.1 Å². The Kier molecular flexibility index (Phi) is 5.92. The van der Waals surface area contributed by atoms with Crippen LogP contribution in [0.1, 0.15) is 30.0 Å². The number of benzene rings is 1. The van der Waals surface area contributed by atoms with Crippen LogP contribution in [0.15, 0.2) is 29.7 Å². The molecule has 0 spiro atoms. The predicted molar refractivity (Wildman–Crippen MR) is 83.1 cm³/mol. The molecule has 0 amide bonds. The quantitative estimate of drug-likeness (QED) is 0.786. The van der Waals surface area contributed by atoms with Gasteiger partial charge < -0.3 is 5.73 Å². The van der Waals surface area contributed by atoms with Crippen molar-refractivity contribution in [2.45, 2.75) is 38.6 Å². The van der Waals surface area contributed by atoms with Gasteiger partial charge in [-0.3, -0.25) is 0 Å². The highest BCUT2D eigenvalue weighted by Crippen LogP contribution is 2.24. The van der Waals surface area contributed by atoms with Crippen LogP contribution >= 0.6 is 0 Å². The monoisotopic (exact) mass is 296 g/mol. The molecule has 5 heteroatoms. The summed E-state index contributed by atoms with van der Waals surface area (Å²) in [7, 11) is -3.50. The van der Waals surface area contributed by atoms with E-state index in [-0.39, 0.29) is 0 Å². The van der Waals surface area contributed by atoms with Crippen molar-refractivity contribution >= 4 is 10.0 Å². The number of hydrogen-bond donors (Lipinski definition) is 1. The molecule has 0 aliphatic heterocycles. The van der Waals surface area contributed by atoms with E-state index in [1.807, 2.05) is 26.8 Å². The molecule has 1 rings (SSSR count). The first kappa shape index (κ1) is 16.9. The molecule has 0 saturated carbocycles. The van der Waals surface area contributed by atoms with Crippen molar-refractivity contribution in [2.24, 2.45) is 5.73 Å². The van der Waals surface area contributed by atoms with Crippen LogP contribution in [-0.2, 0) is 16.6 Å². The van der Waals surface area contributed by atoms with E-state index < -0.39 is 10.0 Å². The van der Waals surface area contributed by atoms with Gasteiger partial charge in [0.15, 0.2) is 0 Å². The fraction of sp³-hybridized carbons (Fsp3) is 0.467. The third-order valence-corrected chi connectivity index (χ3v) is 5.33. The molecule has 112 valence electrons. The Bertz CT molecular complexity index is 580. The lowest BCUT2D eigenvalue weighted by atomic mass is 10.1. The van der Waals surface area contributed by atoms with Gasteiger partial charge in [-0.05, 0) is 43.0 Å². The van der Waals surface area contributed by atoms with Crippen molar-refractivity contribution in [3.05, 3.63) is 41.5 Å². The van der Waals surface area contributed by atoms with Crippen molar-refractivity contribution in [3.63, 3.8) is 0 Å². The highest BCUT2D eigenvalue weighted by Gasteiger charge is 2.25. The lowest BCUT2D eigenvalue weighted by molar-refractivity contribution is 0.441. The summed E-state index contributed by atoms with van der Waals surface area (Å²) in [6, 6.07) is 3.62. The van der Waals surface area contributed by atoms with Crippen LogP contribution in [0.3, 0.4) is 0 Å². The summed E-state index contributed by atoms with van der Waals surface area (Å²) in [5, 5.41) is 0. The second-order valence-electron chi connectivity index (χ2n) is 4.89. The van der Waals surface area contributed by atoms with Crippen molar-refractivity contribution in [1.29, 1.82) is 0 Å². The maximum absolute atomic E-state index is 12.8. The topological polar surface area (TPSA) is 63.4 Å². The molecule has 20 heavy (non-hydrogen) atoms. The molecule has 0 bridgehead atoms. The van der Waals surface area contributed by atoms with Crippen LogP contribution in [0.5, 0.6) is 0 Å². The summed E-state index contributed by atoms with van der Waals surface area (Å²) in [5.74, 6) is 0. The van der Waals surface area contributed by atoms with Crippen LogP contribution in [0.4, 0.5) is 0 Å². The van der Waals surface area contributed by atoms with Crippen LogP contribution in [-0.4, -0.2) is 25.8 Å². The fourth-order valence-corrected chi connectivity index (χ4v) is 3.98. The molecule has 1 aromatic carbocycles. The van der Waals surface area contributed by atoms with Crippen molar-refractivity contribution in [1.82, 2.24) is 4.31 Å². The molecule has 0 fully saturated rings.